The van der Waals surface area contributed by atoms with Gasteiger partial charge in [0.05, 0.1) is 6.04 Å². The number of aromatic carboxylic acids is 1. The monoisotopic (exact) mass is 302 g/mol. The summed E-state index contributed by atoms with van der Waals surface area (Å²) in [6.45, 7) is 1.76. The van der Waals surface area contributed by atoms with E-state index >= 15 is 0 Å². The van der Waals surface area contributed by atoms with E-state index in [0.717, 1.165) is 5.56 Å². The lowest BCUT2D eigenvalue weighted by atomic mass is 10.2. The number of carbonyl (C=O) groups excluding carboxylic acids is 1. The normalized spacial score (nSPS) is 12.2. The number of hydrogen-bond donors (Lipinski definition) is 2. The van der Waals surface area contributed by atoms with Gasteiger partial charge in [-0.3, -0.25) is 4.79 Å². The third-order valence-corrected chi connectivity index (χ3v) is 3.72. The molecule has 1 heterocycles. The largest absolute Gasteiger partial charge is 0.476 e. The summed E-state index contributed by atoms with van der Waals surface area (Å²) < 4.78 is 0. The van der Waals surface area contributed by atoms with Crippen LogP contribution in [-0.2, 0) is 4.79 Å². The average Bonchev–Trinajstić information content (AvgIpc) is 2.96. The highest BCUT2D eigenvalue weighted by Gasteiger charge is 2.14. The van der Waals surface area contributed by atoms with Crippen LogP contribution >= 0.6 is 11.3 Å². The highest BCUT2D eigenvalue weighted by atomic mass is 32.1. The first-order valence-corrected chi connectivity index (χ1v) is 7.16. The third kappa shape index (κ3) is 4.25. The SMILES string of the molecule is CC(NC(=O)C=Cc1ccccc1)c1nc(C(=O)O)cs1. The number of hydrogen-bond acceptors (Lipinski definition) is 4. The van der Waals surface area contributed by atoms with Crippen LogP contribution in [0.15, 0.2) is 41.8 Å². The molecule has 0 aliphatic rings. The Morgan fingerprint density at radius 3 is 2.67 bits per heavy atom. The van der Waals surface area contributed by atoms with Crippen molar-refractivity contribution in [1.29, 1.82) is 0 Å². The molecule has 1 aromatic carbocycles. The Balaban J connectivity index is 1.95. The van der Waals surface area contributed by atoms with Crippen LogP contribution in [0.5, 0.6) is 0 Å². The Labute approximate surface area is 126 Å². The second kappa shape index (κ2) is 6.81. The molecule has 21 heavy (non-hydrogen) atoms. The summed E-state index contributed by atoms with van der Waals surface area (Å²) in [4.78, 5) is 26.5. The van der Waals surface area contributed by atoms with Gasteiger partial charge in [-0.2, -0.15) is 0 Å². The Bertz CT molecular complexity index is 665. The van der Waals surface area contributed by atoms with Crippen molar-refractivity contribution in [2.45, 2.75) is 13.0 Å². The van der Waals surface area contributed by atoms with Crippen LogP contribution in [0.25, 0.3) is 6.08 Å². The minimum Gasteiger partial charge on any atom is -0.476 e. The summed E-state index contributed by atoms with van der Waals surface area (Å²) in [5.41, 5.74) is 0.929. The number of carboxylic acid groups (broad SMARTS) is 1. The lowest BCUT2D eigenvalue weighted by Crippen LogP contribution is -2.24. The van der Waals surface area contributed by atoms with Gasteiger partial charge >= 0.3 is 5.97 Å². The maximum absolute atomic E-state index is 11.8. The number of carbonyl (C=O) groups is 2. The fraction of sp³-hybridized carbons (Fsp3) is 0.133. The second-order valence-electron chi connectivity index (χ2n) is 4.35. The topological polar surface area (TPSA) is 79.3 Å². The second-order valence-corrected chi connectivity index (χ2v) is 5.24. The van der Waals surface area contributed by atoms with E-state index in [1.807, 2.05) is 30.3 Å². The van der Waals surface area contributed by atoms with E-state index in [4.69, 9.17) is 5.11 Å². The van der Waals surface area contributed by atoms with E-state index in [-0.39, 0.29) is 17.6 Å². The van der Waals surface area contributed by atoms with E-state index in [1.54, 1.807) is 13.0 Å². The number of rotatable bonds is 5. The summed E-state index contributed by atoms with van der Waals surface area (Å²) in [6.07, 6.45) is 3.16. The smallest absolute Gasteiger partial charge is 0.355 e. The summed E-state index contributed by atoms with van der Waals surface area (Å²) in [5, 5.41) is 13.6. The zero-order chi connectivity index (χ0) is 15.2. The van der Waals surface area contributed by atoms with Crippen LogP contribution in [0.3, 0.4) is 0 Å². The van der Waals surface area contributed by atoms with E-state index in [1.165, 1.54) is 22.8 Å². The first kappa shape index (κ1) is 14.9. The molecule has 0 saturated heterocycles. The van der Waals surface area contributed by atoms with Gasteiger partial charge < -0.3 is 10.4 Å². The third-order valence-electron chi connectivity index (χ3n) is 2.70. The predicted molar refractivity (Wildman–Crippen MR) is 81.1 cm³/mol. The molecule has 1 atom stereocenters. The van der Waals surface area contributed by atoms with Gasteiger partial charge in [0.15, 0.2) is 5.69 Å². The first-order chi connectivity index (χ1) is 10.1. The van der Waals surface area contributed by atoms with Gasteiger partial charge in [0.2, 0.25) is 5.91 Å². The van der Waals surface area contributed by atoms with Gasteiger partial charge in [0.25, 0.3) is 0 Å². The van der Waals surface area contributed by atoms with Gasteiger partial charge in [0.1, 0.15) is 5.01 Å². The number of nitrogens with one attached hydrogen (secondary N) is 1. The maximum Gasteiger partial charge on any atom is 0.355 e. The summed E-state index contributed by atoms with van der Waals surface area (Å²) in [7, 11) is 0. The molecule has 0 radical (unpaired) electrons. The van der Waals surface area contributed by atoms with E-state index in [9.17, 15) is 9.59 Å². The fourth-order valence-corrected chi connectivity index (χ4v) is 2.44. The van der Waals surface area contributed by atoms with Crippen LogP contribution in [0.4, 0.5) is 0 Å². The van der Waals surface area contributed by atoms with Crippen molar-refractivity contribution in [2.75, 3.05) is 0 Å². The van der Waals surface area contributed by atoms with E-state index < -0.39 is 5.97 Å². The van der Waals surface area contributed by atoms with Crippen molar-refractivity contribution in [2.24, 2.45) is 0 Å². The molecule has 1 unspecified atom stereocenters. The van der Waals surface area contributed by atoms with E-state index in [2.05, 4.69) is 10.3 Å². The Morgan fingerprint density at radius 1 is 1.33 bits per heavy atom. The molecule has 1 aromatic heterocycles. The number of benzene rings is 1. The number of thiazole rings is 1. The quantitative estimate of drug-likeness (QED) is 0.832. The molecule has 0 fully saturated rings. The molecular weight excluding hydrogens is 288 g/mol. The molecule has 108 valence electrons. The van der Waals surface area contributed by atoms with Crippen molar-refractivity contribution in [3.8, 4) is 0 Å². The van der Waals surface area contributed by atoms with Crippen LogP contribution in [0.2, 0.25) is 0 Å². The number of carboxylic acids is 1. The fourth-order valence-electron chi connectivity index (χ4n) is 1.64. The molecular formula is C15H14N2O3S. The Morgan fingerprint density at radius 2 is 2.05 bits per heavy atom. The molecule has 2 rings (SSSR count). The van der Waals surface area contributed by atoms with Gasteiger partial charge in [-0.05, 0) is 18.6 Å². The summed E-state index contributed by atoms with van der Waals surface area (Å²) in [6, 6.07) is 9.14. The molecule has 0 bridgehead atoms. The van der Waals surface area contributed by atoms with Crippen molar-refractivity contribution in [1.82, 2.24) is 10.3 Å². The number of nitrogens with zero attached hydrogens (tertiary/aromatic N) is 1. The van der Waals surface area contributed by atoms with Crippen LogP contribution in [0, 0.1) is 0 Å². The van der Waals surface area contributed by atoms with Crippen molar-refractivity contribution >= 4 is 29.3 Å². The van der Waals surface area contributed by atoms with Gasteiger partial charge in [-0.15, -0.1) is 11.3 Å². The average molecular weight is 302 g/mol. The lowest BCUT2D eigenvalue weighted by molar-refractivity contribution is -0.117. The summed E-state index contributed by atoms with van der Waals surface area (Å²) in [5.74, 6) is -1.32. The van der Waals surface area contributed by atoms with Crippen molar-refractivity contribution < 1.29 is 14.7 Å². The molecule has 2 N–H and O–H groups in total. The molecule has 0 saturated carbocycles. The van der Waals surface area contributed by atoms with Gasteiger partial charge in [-0.25, -0.2) is 9.78 Å². The highest BCUT2D eigenvalue weighted by molar-refractivity contribution is 7.09. The van der Waals surface area contributed by atoms with Crippen molar-refractivity contribution in [3.05, 3.63) is 58.1 Å². The zero-order valence-corrected chi connectivity index (χ0v) is 12.1. The van der Waals surface area contributed by atoms with Gasteiger partial charge in [0, 0.05) is 11.5 Å². The zero-order valence-electron chi connectivity index (χ0n) is 11.3. The van der Waals surface area contributed by atoms with Crippen LogP contribution in [0.1, 0.15) is 34.0 Å². The molecule has 0 spiro atoms. The Kier molecular flexibility index (Phi) is 4.84. The number of aromatic nitrogens is 1. The van der Waals surface area contributed by atoms with Gasteiger partial charge in [-0.1, -0.05) is 30.3 Å². The minimum absolute atomic E-state index is 0.00377. The predicted octanol–water partition coefficient (Wildman–Crippen LogP) is 2.73. The highest BCUT2D eigenvalue weighted by Crippen LogP contribution is 2.17. The van der Waals surface area contributed by atoms with E-state index in [0.29, 0.717) is 5.01 Å². The van der Waals surface area contributed by atoms with Crippen molar-refractivity contribution in [3.63, 3.8) is 0 Å². The molecule has 1 amide bonds. The molecule has 2 aromatic rings. The Hall–Kier alpha value is -2.47. The number of amides is 1. The maximum atomic E-state index is 11.8. The first-order valence-electron chi connectivity index (χ1n) is 6.28. The lowest BCUT2D eigenvalue weighted by Gasteiger charge is -2.08. The summed E-state index contributed by atoms with van der Waals surface area (Å²) >= 11 is 1.21. The molecule has 5 nitrogen and oxygen atoms in total. The standard InChI is InChI=1S/C15H14N2O3S/c1-10(14-17-12(9-21-14)15(19)20)16-13(18)8-7-11-5-3-2-4-6-11/h2-10H,1H3,(H,16,18)(H,19,20). The molecule has 0 aliphatic carbocycles. The van der Waals surface area contributed by atoms with Crippen LogP contribution < -0.4 is 5.32 Å². The minimum atomic E-state index is -1.07. The van der Waals surface area contributed by atoms with Crippen LogP contribution in [-0.4, -0.2) is 22.0 Å². The molecule has 0 aliphatic heterocycles. The molecule has 6 heteroatoms.